The van der Waals surface area contributed by atoms with Crippen LogP contribution in [-0.4, -0.2) is 74.9 Å². The van der Waals surface area contributed by atoms with Crippen molar-refractivity contribution in [3.63, 3.8) is 0 Å². The fourth-order valence-electron chi connectivity index (χ4n) is 3.50. The second-order valence-electron chi connectivity index (χ2n) is 6.66. The standard InChI is InChI=1S/C16H33N3O/c1-4-9-17-11-15-7-8-16(20-15)13-18(2)12-14-6-5-10-19(14)3/h14-17H,4-13H2,1-3H3. The van der Waals surface area contributed by atoms with Gasteiger partial charge in [0.25, 0.3) is 0 Å². The predicted octanol–water partition coefficient (Wildman–Crippen LogP) is 1.56. The van der Waals surface area contributed by atoms with Crippen LogP contribution < -0.4 is 5.32 Å². The van der Waals surface area contributed by atoms with E-state index in [0.29, 0.717) is 12.2 Å². The Hall–Kier alpha value is -0.160. The highest BCUT2D eigenvalue weighted by Crippen LogP contribution is 2.21. The van der Waals surface area contributed by atoms with E-state index < -0.39 is 0 Å². The highest BCUT2D eigenvalue weighted by Gasteiger charge is 2.27. The van der Waals surface area contributed by atoms with Gasteiger partial charge in [-0.05, 0) is 59.3 Å². The number of likely N-dealkylation sites (N-methyl/N-ethyl adjacent to an activating group) is 2. The Morgan fingerprint density at radius 2 is 2.00 bits per heavy atom. The molecule has 0 aromatic carbocycles. The molecule has 0 saturated carbocycles. The molecule has 20 heavy (non-hydrogen) atoms. The maximum absolute atomic E-state index is 6.15. The van der Waals surface area contributed by atoms with Gasteiger partial charge in [-0.3, -0.25) is 0 Å². The highest BCUT2D eigenvalue weighted by molar-refractivity contribution is 4.82. The summed E-state index contributed by atoms with van der Waals surface area (Å²) in [6.45, 7) is 7.89. The summed E-state index contributed by atoms with van der Waals surface area (Å²) >= 11 is 0. The molecule has 3 atom stereocenters. The minimum Gasteiger partial charge on any atom is -0.372 e. The molecular formula is C16H33N3O. The van der Waals surface area contributed by atoms with E-state index in [1.54, 1.807) is 0 Å². The first kappa shape index (κ1) is 16.2. The smallest absolute Gasteiger partial charge is 0.0707 e. The minimum absolute atomic E-state index is 0.439. The van der Waals surface area contributed by atoms with Gasteiger partial charge < -0.3 is 19.9 Å². The summed E-state index contributed by atoms with van der Waals surface area (Å²) in [5, 5.41) is 3.47. The van der Waals surface area contributed by atoms with Crippen LogP contribution in [0, 0.1) is 0 Å². The lowest BCUT2D eigenvalue weighted by Gasteiger charge is -2.27. The summed E-state index contributed by atoms with van der Waals surface area (Å²) in [6.07, 6.45) is 7.25. The molecule has 4 nitrogen and oxygen atoms in total. The third kappa shape index (κ3) is 4.99. The summed E-state index contributed by atoms with van der Waals surface area (Å²) in [5.74, 6) is 0. The summed E-state index contributed by atoms with van der Waals surface area (Å²) < 4.78 is 6.15. The van der Waals surface area contributed by atoms with E-state index in [-0.39, 0.29) is 0 Å². The molecule has 0 aliphatic carbocycles. The van der Waals surface area contributed by atoms with E-state index in [2.05, 4.69) is 36.1 Å². The van der Waals surface area contributed by atoms with Crippen LogP contribution in [0.2, 0.25) is 0 Å². The van der Waals surface area contributed by atoms with Crippen LogP contribution in [-0.2, 0) is 4.74 Å². The Balaban J connectivity index is 1.61. The molecule has 2 rings (SSSR count). The molecular weight excluding hydrogens is 250 g/mol. The number of ether oxygens (including phenoxy) is 1. The van der Waals surface area contributed by atoms with Crippen LogP contribution in [0.15, 0.2) is 0 Å². The quantitative estimate of drug-likeness (QED) is 0.684. The topological polar surface area (TPSA) is 27.7 Å². The average molecular weight is 283 g/mol. The van der Waals surface area contributed by atoms with Gasteiger partial charge in [0.1, 0.15) is 0 Å². The fraction of sp³-hybridized carbons (Fsp3) is 1.00. The Labute approximate surface area is 124 Å². The third-order valence-electron chi connectivity index (χ3n) is 4.70. The van der Waals surface area contributed by atoms with E-state index >= 15 is 0 Å². The molecule has 0 bridgehead atoms. The van der Waals surface area contributed by atoms with Crippen molar-refractivity contribution < 1.29 is 4.74 Å². The Kier molecular flexibility index (Phi) is 6.75. The van der Waals surface area contributed by atoms with Gasteiger partial charge in [0.05, 0.1) is 12.2 Å². The van der Waals surface area contributed by atoms with Crippen molar-refractivity contribution in [2.75, 3.05) is 46.8 Å². The van der Waals surface area contributed by atoms with Gasteiger partial charge in [-0.15, -0.1) is 0 Å². The zero-order chi connectivity index (χ0) is 14.4. The number of hydrogen-bond donors (Lipinski definition) is 1. The van der Waals surface area contributed by atoms with Crippen molar-refractivity contribution in [1.29, 1.82) is 0 Å². The van der Waals surface area contributed by atoms with Gasteiger partial charge in [0.15, 0.2) is 0 Å². The summed E-state index contributed by atoms with van der Waals surface area (Å²) in [4.78, 5) is 4.97. The lowest BCUT2D eigenvalue weighted by atomic mass is 10.1. The van der Waals surface area contributed by atoms with Crippen LogP contribution in [0.3, 0.4) is 0 Å². The molecule has 0 aromatic heterocycles. The van der Waals surface area contributed by atoms with Crippen molar-refractivity contribution in [3.8, 4) is 0 Å². The average Bonchev–Trinajstić information content (AvgIpc) is 3.00. The molecule has 3 unspecified atom stereocenters. The van der Waals surface area contributed by atoms with Gasteiger partial charge >= 0.3 is 0 Å². The minimum atomic E-state index is 0.439. The van der Waals surface area contributed by atoms with Gasteiger partial charge in [-0.25, -0.2) is 0 Å². The normalized spacial score (nSPS) is 31.5. The van der Waals surface area contributed by atoms with Crippen LogP contribution >= 0.6 is 0 Å². The summed E-state index contributed by atoms with van der Waals surface area (Å²) in [5.41, 5.74) is 0. The van der Waals surface area contributed by atoms with Gasteiger partial charge in [-0.2, -0.15) is 0 Å². The van der Waals surface area contributed by atoms with Crippen LogP contribution in [0.5, 0.6) is 0 Å². The van der Waals surface area contributed by atoms with Crippen LogP contribution in [0.4, 0.5) is 0 Å². The fourth-order valence-corrected chi connectivity index (χ4v) is 3.50. The third-order valence-corrected chi connectivity index (χ3v) is 4.70. The number of hydrogen-bond acceptors (Lipinski definition) is 4. The molecule has 0 aromatic rings. The molecule has 0 amide bonds. The van der Waals surface area contributed by atoms with Crippen molar-refractivity contribution in [2.24, 2.45) is 0 Å². The zero-order valence-electron chi connectivity index (χ0n) is 13.6. The molecule has 1 N–H and O–H groups in total. The lowest BCUT2D eigenvalue weighted by molar-refractivity contribution is 0.0250. The summed E-state index contributed by atoms with van der Waals surface area (Å²) in [6, 6.07) is 0.753. The Morgan fingerprint density at radius 1 is 1.20 bits per heavy atom. The first-order chi connectivity index (χ1) is 9.69. The maximum atomic E-state index is 6.15. The number of rotatable bonds is 8. The summed E-state index contributed by atoms with van der Waals surface area (Å²) in [7, 11) is 4.51. The number of nitrogens with one attached hydrogen (secondary N) is 1. The van der Waals surface area contributed by atoms with Crippen LogP contribution in [0.1, 0.15) is 39.0 Å². The van der Waals surface area contributed by atoms with E-state index in [4.69, 9.17) is 4.74 Å². The highest BCUT2D eigenvalue weighted by atomic mass is 16.5. The van der Waals surface area contributed by atoms with Crippen molar-refractivity contribution in [2.45, 2.75) is 57.3 Å². The maximum Gasteiger partial charge on any atom is 0.0707 e. The predicted molar refractivity (Wildman–Crippen MR) is 84.2 cm³/mol. The van der Waals surface area contributed by atoms with Gasteiger partial charge in [0.2, 0.25) is 0 Å². The molecule has 2 saturated heterocycles. The first-order valence-electron chi connectivity index (χ1n) is 8.44. The SMILES string of the molecule is CCCNCC1CCC(CN(C)CC2CCCN2C)O1. The molecule has 118 valence electrons. The number of likely N-dealkylation sites (tertiary alicyclic amines) is 1. The van der Waals surface area contributed by atoms with E-state index in [9.17, 15) is 0 Å². The van der Waals surface area contributed by atoms with E-state index in [0.717, 1.165) is 25.7 Å². The Morgan fingerprint density at radius 3 is 2.70 bits per heavy atom. The Bertz CT molecular complexity index is 274. The molecule has 2 aliphatic rings. The van der Waals surface area contributed by atoms with Crippen molar-refractivity contribution in [1.82, 2.24) is 15.1 Å². The van der Waals surface area contributed by atoms with Crippen molar-refractivity contribution in [3.05, 3.63) is 0 Å². The first-order valence-corrected chi connectivity index (χ1v) is 8.44. The number of nitrogens with zero attached hydrogens (tertiary/aromatic N) is 2. The molecule has 4 heteroatoms. The largest absolute Gasteiger partial charge is 0.372 e. The second kappa shape index (κ2) is 8.32. The molecule has 2 heterocycles. The second-order valence-corrected chi connectivity index (χ2v) is 6.66. The molecule has 2 aliphatic heterocycles. The van der Waals surface area contributed by atoms with Crippen molar-refractivity contribution >= 4 is 0 Å². The lowest BCUT2D eigenvalue weighted by Crippen LogP contribution is -2.40. The molecule has 2 fully saturated rings. The van der Waals surface area contributed by atoms with Gasteiger partial charge in [-0.1, -0.05) is 6.92 Å². The van der Waals surface area contributed by atoms with Gasteiger partial charge in [0, 0.05) is 25.7 Å². The van der Waals surface area contributed by atoms with E-state index in [1.165, 1.54) is 45.2 Å². The monoisotopic (exact) mass is 283 g/mol. The molecule has 0 radical (unpaired) electrons. The van der Waals surface area contributed by atoms with Crippen LogP contribution in [0.25, 0.3) is 0 Å². The zero-order valence-corrected chi connectivity index (χ0v) is 13.6. The van der Waals surface area contributed by atoms with E-state index in [1.807, 2.05) is 0 Å². The molecule has 0 spiro atoms.